The quantitative estimate of drug-likeness (QED) is 0.595. The number of hydrogen-bond acceptors (Lipinski definition) is 4. The second-order valence-corrected chi connectivity index (χ2v) is 4.96. The van der Waals surface area contributed by atoms with Crippen molar-refractivity contribution in [3.63, 3.8) is 0 Å². The van der Waals surface area contributed by atoms with Gasteiger partial charge in [0.1, 0.15) is 5.84 Å². The third kappa shape index (κ3) is 2.72. The molecule has 3 N–H and O–H groups in total. The van der Waals surface area contributed by atoms with Crippen LogP contribution in [0.1, 0.15) is 32.3 Å². The van der Waals surface area contributed by atoms with Crippen LogP contribution in [0.25, 0.3) is 0 Å². The fourth-order valence-electron chi connectivity index (χ4n) is 1.93. The standard InChI is InChI=1S/C12H19N5/c1-8(2)7-17(9-3-4-9)12-10(11(13)14)5-6-15-16-12/h5-6,8-9H,3-4,7H2,1-2H3,(H3,13,14). The van der Waals surface area contributed by atoms with Gasteiger partial charge in [-0.2, -0.15) is 5.10 Å². The monoisotopic (exact) mass is 233 g/mol. The summed E-state index contributed by atoms with van der Waals surface area (Å²) in [6, 6.07) is 2.31. The minimum Gasteiger partial charge on any atom is -0.384 e. The van der Waals surface area contributed by atoms with Crippen LogP contribution in [0.4, 0.5) is 5.82 Å². The van der Waals surface area contributed by atoms with E-state index in [9.17, 15) is 0 Å². The van der Waals surface area contributed by atoms with Crippen LogP contribution in [0.3, 0.4) is 0 Å². The van der Waals surface area contributed by atoms with Crippen LogP contribution in [-0.2, 0) is 0 Å². The maximum Gasteiger partial charge on any atom is 0.162 e. The summed E-state index contributed by atoms with van der Waals surface area (Å²) < 4.78 is 0. The molecular formula is C12H19N5. The third-order valence-electron chi connectivity index (χ3n) is 2.81. The molecule has 17 heavy (non-hydrogen) atoms. The van der Waals surface area contributed by atoms with Gasteiger partial charge >= 0.3 is 0 Å². The van der Waals surface area contributed by atoms with Crippen LogP contribution in [0.15, 0.2) is 12.3 Å². The first-order chi connectivity index (χ1) is 8.09. The van der Waals surface area contributed by atoms with E-state index in [1.165, 1.54) is 12.8 Å². The Morgan fingerprint density at radius 1 is 1.59 bits per heavy atom. The molecule has 0 atom stereocenters. The van der Waals surface area contributed by atoms with Crippen LogP contribution in [-0.4, -0.2) is 28.6 Å². The topological polar surface area (TPSA) is 78.9 Å². The van der Waals surface area contributed by atoms with Crippen molar-refractivity contribution in [2.24, 2.45) is 11.7 Å². The van der Waals surface area contributed by atoms with Gasteiger partial charge in [0, 0.05) is 12.6 Å². The summed E-state index contributed by atoms with van der Waals surface area (Å²) in [5.74, 6) is 1.37. The summed E-state index contributed by atoms with van der Waals surface area (Å²) in [5, 5.41) is 15.7. The lowest BCUT2D eigenvalue weighted by molar-refractivity contribution is 0.600. The molecule has 0 aliphatic heterocycles. The van der Waals surface area contributed by atoms with Crippen molar-refractivity contribution < 1.29 is 0 Å². The van der Waals surface area contributed by atoms with E-state index < -0.39 is 0 Å². The molecule has 0 spiro atoms. The molecule has 1 fully saturated rings. The maximum atomic E-state index is 7.60. The average molecular weight is 233 g/mol. The molecule has 0 saturated heterocycles. The molecule has 2 rings (SSSR count). The van der Waals surface area contributed by atoms with Gasteiger partial charge in [0.25, 0.3) is 0 Å². The van der Waals surface area contributed by atoms with E-state index in [-0.39, 0.29) is 5.84 Å². The first-order valence-corrected chi connectivity index (χ1v) is 6.02. The van der Waals surface area contributed by atoms with Crippen molar-refractivity contribution >= 4 is 11.7 Å². The summed E-state index contributed by atoms with van der Waals surface area (Å²) in [7, 11) is 0. The molecule has 1 aliphatic carbocycles. The molecule has 1 aliphatic rings. The van der Waals surface area contributed by atoms with E-state index in [0.717, 1.165) is 12.4 Å². The Bertz CT molecular complexity index is 411. The van der Waals surface area contributed by atoms with Crippen LogP contribution in [0.2, 0.25) is 0 Å². The minimum absolute atomic E-state index is 0.0595. The van der Waals surface area contributed by atoms with Crippen molar-refractivity contribution in [2.75, 3.05) is 11.4 Å². The third-order valence-corrected chi connectivity index (χ3v) is 2.81. The smallest absolute Gasteiger partial charge is 0.162 e. The van der Waals surface area contributed by atoms with E-state index in [1.807, 2.05) is 0 Å². The molecule has 1 aromatic heterocycles. The second-order valence-electron chi connectivity index (χ2n) is 4.96. The predicted molar refractivity (Wildman–Crippen MR) is 68.3 cm³/mol. The van der Waals surface area contributed by atoms with E-state index >= 15 is 0 Å². The van der Waals surface area contributed by atoms with Gasteiger partial charge in [0.2, 0.25) is 0 Å². The number of rotatable bonds is 5. The van der Waals surface area contributed by atoms with E-state index in [1.54, 1.807) is 12.3 Å². The maximum absolute atomic E-state index is 7.60. The Balaban J connectivity index is 2.31. The van der Waals surface area contributed by atoms with Gasteiger partial charge in [-0.15, -0.1) is 5.10 Å². The van der Waals surface area contributed by atoms with Crippen molar-refractivity contribution in [2.45, 2.75) is 32.7 Å². The average Bonchev–Trinajstić information content (AvgIpc) is 3.09. The Kier molecular flexibility index (Phi) is 3.26. The van der Waals surface area contributed by atoms with Gasteiger partial charge < -0.3 is 10.6 Å². The largest absolute Gasteiger partial charge is 0.384 e. The Hall–Kier alpha value is -1.65. The van der Waals surface area contributed by atoms with E-state index in [4.69, 9.17) is 11.1 Å². The summed E-state index contributed by atoms with van der Waals surface area (Å²) in [6.45, 7) is 5.29. The molecule has 0 bridgehead atoms. The highest BCUT2D eigenvalue weighted by Crippen LogP contribution is 2.32. The zero-order chi connectivity index (χ0) is 12.4. The van der Waals surface area contributed by atoms with Gasteiger partial charge in [0.05, 0.1) is 11.8 Å². The lowest BCUT2D eigenvalue weighted by Crippen LogP contribution is -2.33. The van der Waals surface area contributed by atoms with Gasteiger partial charge in [0.15, 0.2) is 5.82 Å². The number of aromatic nitrogens is 2. The molecule has 1 saturated carbocycles. The van der Waals surface area contributed by atoms with Crippen molar-refractivity contribution in [3.8, 4) is 0 Å². The van der Waals surface area contributed by atoms with Gasteiger partial charge in [-0.25, -0.2) is 0 Å². The normalized spacial score (nSPS) is 15.0. The first kappa shape index (κ1) is 11.8. The molecule has 92 valence electrons. The molecule has 1 aromatic rings. The number of nitrogens with two attached hydrogens (primary N) is 1. The summed E-state index contributed by atoms with van der Waals surface area (Å²) in [5.41, 5.74) is 6.28. The summed E-state index contributed by atoms with van der Waals surface area (Å²) >= 11 is 0. The second kappa shape index (κ2) is 4.69. The van der Waals surface area contributed by atoms with E-state index in [0.29, 0.717) is 17.5 Å². The lowest BCUT2D eigenvalue weighted by Gasteiger charge is -2.26. The van der Waals surface area contributed by atoms with Crippen LogP contribution < -0.4 is 10.6 Å². The molecule has 0 radical (unpaired) electrons. The number of amidine groups is 1. The van der Waals surface area contributed by atoms with Gasteiger partial charge in [-0.3, -0.25) is 5.41 Å². The number of nitrogen functional groups attached to an aromatic ring is 1. The fraction of sp³-hybridized carbons (Fsp3) is 0.583. The summed E-state index contributed by atoms with van der Waals surface area (Å²) in [4.78, 5) is 2.24. The zero-order valence-electron chi connectivity index (χ0n) is 10.3. The first-order valence-electron chi connectivity index (χ1n) is 6.02. The molecule has 5 nitrogen and oxygen atoms in total. The van der Waals surface area contributed by atoms with Crippen LogP contribution in [0.5, 0.6) is 0 Å². The number of hydrogen-bond donors (Lipinski definition) is 2. The Labute approximate surface area is 102 Å². The van der Waals surface area contributed by atoms with Gasteiger partial charge in [-0.1, -0.05) is 13.8 Å². The summed E-state index contributed by atoms with van der Waals surface area (Å²) in [6.07, 6.45) is 3.97. The van der Waals surface area contributed by atoms with E-state index in [2.05, 4.69) is 28.9 Å². The van der Waals surface area contributed by atoms with Crippen molar-refractivity contribution in [1.29, 1.82) is 5.41 Å². The molecule has 5 heteroatoms. The molecule has 1 heterocycles. The SMILES string of the molecule is CC(C)CN(c1nnccc1C(=N)N)C1CC1. The van der Waals surface area contributed by atoms with Crippen molar-refractivity contribution in [3.05, 3.63) is 17.8 Å². The molecule has 0 amide bonds. The van der Waals surface area contributed by atoms with Crippen molar-refractivity contribution in [1.82, 2.24) is 10.2 Å². The minimum atomic E-state index is 0.0595. The fourth-order valence-corrected chi connectivity index (χ4v) is 1.93. The molecular weight excluding hydrogens is 214 g/mol. The number of anilines is 1. The molecule has 0 unspecified atom stereocenters. The zero-order valence-corrected chi connectivity index (χ0v) is 10.3. The Morgan fingerprint density at radius 3 is 2.82 bits per heavy atom. The Morgan fingerprint density at radius 2 is 2.29 bits per heavy atom. The highest BCUT2D eigenvalue weighted by Gasteiger charge is 2.32. The van der Waals surface area contributed by atoms with Gasteiger partial charge in [-0.05, 0) is 24.8 Å². The lowest BCUT2D eigenvalue weighted by atomic mass is 10.1. The van der Waals surface area contributed by atoms with Crippen LogP contribution in [0, 0.1) is 11.3 Å². The predicted octanol–water partition coefficient (Wildman–Crippen LogP) is 1.39. The van der Waals surface area contributed by atoms with Crippen LogP contribution >= 0.6 is 0 Å². The number of nitrogens with zero attached hydrogens (tertiary/aromatic N) is 3. The highest BCUT2D eigenvalue weighted by atomic mass is 15.3. The number of nitrogens with one attached hydrogen (secondary N) is 1. The highest BCUT2D eigenvalue weighted by molar-refractivity contribution is 5.99. The molecule has 0 aromatic carbocycles.